The molecule has 2 fully saturated rings. The molecule has 0 unspecified atom stereocenters. The number of carbonyl (C=O) groups is 2. The second kappa shape index (κ2) is 7.11. The van der Waals surface area contributed by atoms with E-state index < -0.39 is 6.04 Å². The topological polar surface area (TPSA) is 45.1 Å². The molecule has 0 saturated carbocycles. The molecular formula is C17H23FN3O2S+. The van der Waals surface area contributed by atoms with Crippen LogP contribution in [0.25, 0.3) is 0 Å². The Bertz CT molecular complexity index is 617. The summed E-state index contributed by atoms with van der Waals surface area (Å²) in [6, 6.07) is 5.67. The number of likely N-dealkylation sites (N-methyl/N-ethyl adjacent to an activating group) is 1. The van der Waals surface area contributed by atoms with Gasteiger partial charge in [-0.05, 0) is 24.6 Å². The molecule has 2 amide bonds. The number of thioether (sulfide) groups is 1. The molecule has 2 atom stereocenters. The number of halogens is 1. The normalized spacial score (nSPS) is 23.6. The van der Waals surface area contributed by atoms with E-state index in [-0.39, 0.29) is 23.0 Å². The van der Waals surface area contributed by atoms with Gasteiger partial charge in [0.05, 0.1) is 39.0 Å². The minimum absolute atomic E-state index is 0.00506. The monoisotopic (exact) mass is 352 g/mol. The fourth-order valence-corrected chi connectivity index (χ4v) is 4.49. The predicted molar refractivity (Wildman–Crippen MR) is 91.1 cm³/mol. The van der Waals surface area contributed by atoms with Crippen LogP contribution < -0.4 is 4.90 Å². The number of benzene rings is 1. The van der Waals surface area contributed by atoms with Crippen molar-refractivity contribution in [2.24, 2.45) is 0 Å². The van der Waals surface area contributed by atoms with Crippen LogP contribution in [0.3, 0.4) is 0 Å². The van der Waals surface area contributed by atoms with Crippen LogP contribution in [0, 0.1) is 5.82 Å². The van der Waals surface area contributed by atoms with Crippen molar-refractivity contribution in [1.82, 2.24) is 9.80 Å². The summed E-state index contributed by atoms with van der Waals surface area (Å²) in [5.41, 5.74) is 0.856. The lowest BCUT2D eigenvalue weighted by molar-refractivity contribution is -0.883. The second-order valence-corrected chi connectivity index (χ2v) is 7.54. The van der Waals surface area contributed by atoms with Gasteiger partial charge in [0, 0.05) is 0 Å². The third-order valence-corrected chi connectivity index (χ3v) is 5.99. The van der Waals surface area contributed by atoms with E-state index in [1.54, 1.807) is 24.0 Å². The lowest BCUT2D eigenvalue weighted by Crippen LogP contribution is -3.12. The summed E-state index contributed by atoms with van der Waals surface area (Å²) in [6.45, 7) is 5.12. The van der Waals surface area contributed by atoms with Gasteiger partial charge >= 0.3 is 0 Å². The van der Waals surface area contributed by atoms with Gasteiger partial charge in [-0.25, -0.2) is 4.39 Å². The molecule has 0 aromatic heterocycles. The minimum atomic E-state index is -0.499. The summed E-state index contributed by atoms with van der Waals surface area (Å²) in [7, 11) is 2.12. The van der Waals surface area contributed by atoms with Crippen molar-refractivity contribution < 1.29 is 18.9 Å². The van der Waals surface area contributed by atoms with E-state index in [0.717, 1.165) is 31.7 Å². The summed E-state index contributed by atoms with van der Waals surface area (Å²) in [4.78, 5) is 30.1. The lowest BCUT2D eigenvalue weighted by atomic mass is 10.1. The Kier molecular flexibility index (Phi) is 5.10. The van der Waals surface area contributed by atoms with Crippen LogP contribution in [0.1, 0.15) is 17.9 Å². The van der Waals surface area contributed by atoms with Crippen LogP contribution in [0.4, 0.5) is 4.39 Å². The summed E-state index contributed by atoms with van der Waals surface area (Å²) in [5, 5.41) is -0.227. The quantitative estimate of drug-likeness (QED) is 0.842. The van der Waals surface area contributed by atoms with Gasteiger partial charge in [-0.2, -0.15) is 0 Å². The maximum Gasteiger partial charge on any atom is 0.245 e. The zero-order valence-corrected chi connectivity index (χ0v) is 14.8. The van der Waals surface area contributed by atoms with Crippen LogP contribution in [0.15, 0.2) is 24.3 Å². The lowest BCUT2D eigenvalue weighted by Gasteiger charge is -2.36. The first-order valence-electron chi connectivity index (χ1n) is 8.25. The number of quaternary nitrogens is 1. The first-order chi connectivity index (χ1) is 11.5. The van der Waals surface area contributed by atoms with E-state index in [0.29, 0.717) is 5.75 Å². The third-order valence-electron chi connectivity index (χ3n) is 4.76. The third kappa shape index (κ3) is 3.42. The smallest absolute Gasteiger partial charge is 0.245 e. The standard InChI is InChI=1S/C17H22FN3O2S/c1-12(16(23)20-9-7-19(2)8-10-20)21-15(22)11-24-17(21)13-3-5-14(18)6-4-13/h3-6,12,17H,7-11H2,1-2H3/p+1/t12-,17-/m1/s1. The largest absolute Gasteiger partial charge is 0.334 e. The SMILES string of the molecule is C[C@H](C(=O)N1CC[NH+](C)CC1)N1C(=O)CS[C@@H]1c1ccc(F)cc1. The Morgan fingerprint density at radius 2 is 1.92 bits per heavy atom. The van der Waals surface area contributed by atoms with E-state index in [1.165, 1.54) is 28.8 Å². The van der Waals surface area contributed by atoms with Crippen molar-refractivity contribution >= 4 is 23.6 Å². The number of piperazine rings is 1. The fourth-order valence-electron chi connectivity index (χ4n) is 3.23. The van der Waals surface area contributed by atoms with Gasteiger partial charge in [0.1, 0.15) is 17.2 Å². The highest BCUT2D eigenvalue weighted by atomic mass is 32.2. The van der Waals surface area contributed by atoms with Crippen LogP contribution in [0.2, 0.25) is 0 Å². The van der Waals surface area contributed by atoms with Crippen molar-refractivity contribution in [3.8, 4) is 0 Å². The second-order valence-electron chi connectivity index (χ2n) is 6.47. The van der Waals surface area contributed by atoms with Crippen LogP contribution in [-0.4, -0.2) is 66.6 Å². The van der Waals surface area contributed by atoms with E-state index >= 15 is 0 Å². The Morgan fingerprint density at radius 3 is 2.54 bits per heavy atom. The number of hydrogen-bond donors (Lipinski definition) is 1. The zero-order chi connectivity index (χ0) is 17.3. The number of nitrogens with one attached hydrogen (secondary N) is 1. The highest BCUT2D eigenvalue weighted by Gasteiger charge is 2.40. The van der Waals surface area contributed by atoms with E-state index in [1.807, 2.05) is 4.90 Å². The molecule has 7 heteroatoms. The van der Waals surface area contributed by atoms with Crippen LogP contribution in [0.5, 0.6) is 0 Å². The molecule has 24 heavy (non-hydrogen) atoms. The predicted octanol–water partition coefficient (Wildman–Crippen LogP) is 0.145. The van der Waals surface area contributed by atoms with E-state index in [2.05, 4.69) is 7.05 Å². The van der Waals surface area contributed by atoms with Crippen molar-refractivity contribution in [2.75, 3.05) is 39.0 Å². The highest BCUT2D eigenvalue weighted by Crippen LogP contribution is 2.40. The van der Waals surface area contributed by atoms with E-state index in [9.17, 15) is 14.0 Å². The Morgan fingerprint density at radius 1 is 1.29 bits per heavy atom. The number of nitrogens with zero attached hydrogens (tertiary/aromatic N) is 2. The van der Waals surface area contributed by atoms with E-state index in [4.69, 9.17) is 0 Å². The molecule has 2 aliphatic rings. The molecule has 2 heterocycles. The molecule has 3 rings (SSSR count). The molecule has 0 radical (unpaired) electrons. The zero-order valence-electron chi connectivity index (χ0n) is 14.0. The Balaban J connectivity index is 1.75. The number of amides is 2. The average Bonchev–Trinajstić information content (AvgIpc) is 2.96. The molecule has 1 aromatic carbocycles. The molecular weight excluding hydrogens is 329 g/mol. The maximum atomic E-state index is 13.2. The summed E-state index contributed by atoms with van der Waals surface area (Å²) >= 11 is 1.49. The van der Waals surface area contributed by atoms with Crippen molar-refractivity contribution in [3.63, 3.8) is 0 Å². The molecule has 1 aromatic rings. The average molecular weight is 352 g/mol. The number of rotatable bonds is 3. The molecule has 2 saturated heterocycles. The van der Waals surface area contributed by atoms with Gasteiger partial charge in [-0.3, -0.25) is 9.59 Å². The summed E-state index contributed by atoms with van der Waals surface area (Å²) in [6.07, 6.45) is 0. The molecule has 1 N–H and O–H groups in total. The maximum absolute atomic E-state index is 13.2. The molecule has 0 spiro atoms. The van der Waals surface area contributed by atoms with Crippen molar-refractivity contribution in [2.45, 2.75) is 18.3 Å². The summed E-state index contributed by atoms with van der Waals surface area (Å²) < 4.78 is 13.2. The Hall–Kier alpha value is -1.60. The number of hydrogen-bond acceptors (Lipinski definition) is 3. The van der Waals surface area contributed by atoms with Crippen molar-refractivity contribution in [1.29, 1.82) is 0 Å². The first-order valence-corrected chi connectivity index (χ1v) is 9.30. The first kappa shape index (κ1) is 17.2. The fraction of sp³-hybridized carbons (Fsp3) is 0.529. The van der Waals surface area contributed by atoms with Gasteiger partial charge in [-0.1, -0.05) is 12.1 Å². The number of carbonyl (C=O) groups excluding carboxylic acids is 2. The van der Waals surface area contributed by atoms with Gasteiger partial charge < -0.3 is 14.7 Å². The van der Waals surface area contributed by atoms with Gasteiger partial charge in [-0.15, -0.1) is 11.8 Å². The van der Waals surface area contributed by atoms with Crippen LogP contribution >= 0.6 is 11.8 Å². The van der Waals surface area contributed by atoms with Crippen LogP contribution in [-0.2, 0) is 9.59 Å². The van der Waals surface area contributed by atoms with Gasteiger partial charge in [0.2, 0.25) is 11.8 Å². The van der Waals surface area contributed by atoms with Gasteiger partial charge in [0.25, 0.3) is 0 Å². The minimum Gasteiger partial charge on any atom is -0.334 e. The molecule has 0 bridgehead atoms. The summed E-state index contributed by atoms with van der Waals surface area (Å²) in [5.74, 6) is 0.0242. The van der Waals surface area contributed by atoms with Gasteiger partial charge in [0.15, 0.2) is 0 Å². The Labute approximate surface area is 145 Å². The highest BCUT2D eigenvalue weighted by molar-refractivity contribution is 8.00. The molecule has 0 aliphatic carbocycles. The van der Waals surface area contributed by atoms with Crippen molar-refractivity contribution in [3.05, 3.63) is 35.6 Å². The molecule has 5 nitrogen and oxygen atoms in total. The molecule has 130 valence electrons. The molecule has 2 aliphatic heterocycles.